The largest absolute Gasteiger partial charge is 0.624 e. The molecule has 2 atom stereocenters. The highest BCUT2D eigenvalue weighted by Crippen LogP contribution is 2.05. The Balaban J connectivity index is 2.75. The van der Waals surface area contributed by atoms with Gasteiger partial charge in [0.2, 0.25) is 5.71 Å². The molecule has 1 aliphatic rings. The Morgan fingerprint density at radius 1 is 1.60 bits per heavy atom. The van der Waals surface area contributed by atoms with Crippen molar-refractivity contribution >= 4 is 5.71 Å². The Labute approximate surface area is 57.4 Å². The molecule has 0 radical (unpaired) electrons. The lowest BCUT2D eigenvalue weighted by atomic mass is 10.2. The summed E-state index contributed by atoms with van der Waals surface area (Å²) in [5.41, 5.74) is -0.0625. The van der Waals surface area contributed by atoms with Gasteiger partial charge >= 0.3 is 0 Å². The van der Waals surface area contributed by atoms with Crippen molar-refractivity contribution in [1.29, 1.82) is 0 Å². The fourth-order valence-corrected chi connectivity index (χ4v) is 0.929. The molecular formula is C5H9NO4. The number of rotatable bonds is 1. The SMILES string of the molecule is [O-][N+]1=C(CO)C(O)C(O)C1. The first kappa shape index (κ1) is 7.46. The molecule has 0 amide bonds. The smallest absolute Gasteiger partial charge is 0.220 e. The minimum absolute atomic E-state index is 0.0625. The summed E-state index contributed by atoms with van der Waals surface area (Å²) in [6.07, 6.45) is -2.25. The van der Waals surface area contributed by atoms with E-state index in [1.54, 1.807) is 0 Å². The van der Waals surface area contributed by atoms with E-state index in [0.717, 1.165) is 0 Å². The average Bonchev–Trinajstić information content (AvgIpc) is 2.09. The van der Waals surface area contributed by atoms with Gasteiger partial charge in [-0.25, -0.2) is 4.74 Å². The minimum atomic E-state index is -1.19. The van der Waals surface area contributed by atoms with Gasteiger partial charge in [-0.3, -0.25) is 0 Å². The highest BCUT2D eigenvalue weighted by Gasteiger charge is 2.36. The summed E-state index contributed by atoms with van der Waals surface area (Å²) in [7, 11) is 0. The average molecular weight is 147 g/mol. The van der Waals surface area contributed by atoms with E-state index in [-0.39, 0.29) is 12.3 Å². The van der Waals surface area contributed by atoms with Crippen molar-refractivity contribution in [2.45, 2.75) is 12.2 Å². The topological polar surface area (TPSA) is 86.8 Å². The zero-order valence-corrected chi connectivity index (χ0v) is 5.27. The Bertz CT molecular complexity index is 167. The molecule has 0 aliphatic carbocycles. The molecule has 0 saturated heterocycles. The molecule has 10 heavy (non-hydrogen) atoms. The number of nitrogens with zero attached hydrogens (tertiary/aromatic N) is 1. The minimum Gasteiger partial charge on any atom is -0.624 e. The zero-order chi connectivity index (χ0) is 7.72. The monoisotopic (exact) mass is 147 g/mol. The van der Waals surface area contributed by atoms with Crippen LogP contribution in [0.3, 0.4) is 0 Å². The van der Waals surface area contributed by atoms with Gasteiger partial charge in [-0.2, -0.15) is 0 Å². The fraction of sp³-hybridized carbons (Fsp3) is 0.800. The van der Waals surface area contributed by atoms with Crippen molar-refractivity contribution in [2.24, 2.45) is 0 Å². The van der Waals surface area contributed by atoms with Crippen LogP contribution in [0.25, 0.3) is 0 Å². The number of hydrogen-bond donors (Lipinski definition) is 3. The van der Waals surface area contributed by atoms with Gasteiger partial charge in [0, 0.05) is 0 Å². The van der Waals surface area contributed by atoms with Crippen molar-refractivity contribution in [2.75, 3.05) is 13.2 Å². The third-order valence-corrected chi connectivity index (χ3v) is 1.54. The van der Waals surface area contributed by atoms with E-state index in [2.05, 4.69) is 0 Å². The number of aliphatic hydroxyl groups excluding tert-OH is 3. The van der Waals surface area contributed by atoms with Gasteiger partial charge in [0.05, 0.1) is 0 Å². The summed E-state index contributed by atoms with van der Waals surface area (Å²) in [5.74, 6) is 0. The molecule has 0 saturated carbocycles. The van der Waals surface area contributed by atoms with Gasteiger partial charge in [-0.15, -0.1) is 0 Å². The molecule has 3 N–H and O–H groups in total. The molecule has 1 rings (SSSR count). The maximum atomic E-state index is 10.6. The molecule has 0 aromatic heterocycles. The van der Waals surface area contributed by atoms with E-state index in [0.29, 0.717) is 4.74 Å². The van der Waals surface area contributed by atoms with Crippen LogP contribution in [-0.2, 0) is 0 Å². The zero-order valence-electron chi connectivity index (χ0n) is 5.27. The summed E-state index contributed by atoms with van der Waals surface area (Å²) < 4.78 is 0.412. The van der Waals surface area contributed by atoms with E-state index in [4.69, 9.17) is 15.3 Å². The Morgan fingerprint density at radius 2 is 2.20 bits per heavy atom. The van der Waals surface area contributed by atoms with Crippen molar-refractivity contribution in [3.8, 4) is 0 Å². The van der Waals surface area contributed by atoms with E-state index < -0.39 is 18.8 Å². The number of aliphatic hydroxyl groups is 3. The molecule has 0 bridgehead atoms. The molecular weight excluding hydrogens is 138 g/mol. The standard InChI is InChI=1S/C5H9NO4/c7-2-3-5(9)4(8)1-6(3)10/h4-5,7-9H,1-2H2. The van der Waals surface area contributed by atoms with Crippen molar-refractivity contribution in [3.05, 3.63) is 5.21 Å². The molecule has 0 aromatic carbocycles. The van der Waals surface area contributed by atoms with Gasteiger partial charge in [0.1, 0.15) is 12.7 Å². The molecule has 1 aliphatic heterocycles. The highest BCUT2D eigenvalue weighted by molar-refractivity contribution is 5.86. The van der Waals surface area contributed by atoms with Crippen molar-refractivity contribution in [1.82, 2.24) is 0 Å². The van der Waals surface area contributed by atoms with Crippen LogP contribution < -0.4 is 0 Å². The van der Waals surface area contributed by atoms with Gasteiger partial charge in [0.25, 0.3) is 0 Å². The van der Waals surface area contributed by atoms with Crippen LogP contribution in [0.1, 0.15) is 0 Å². The number of hydroxylamine groups is 1. The van der Waals surface area contributed by atoms with Gasteiger partial charge in [0.15, 0.2) is 12.6 Å². The van der Waals surface area contributed by atoms with Crippen LogP contribution in [0.15, 0.2) is 0 Å². The molecule has 2 unspecified atom stereocenters. The Morgan fingerprint density at radius 3 is 2.40 bits per heavy atom. The lowest BCUT2D eigenvalue weighted by Gasteiger charge is -2.01. The first-order valence-electron chi connectivity index (χ1n) is 2.94. The Kier molecular flexibility index (Phi) is 1.89. The third kappa shape index (κ3) is 0.985. The van der Waals surface area contributed by atoms with Gasteiger partial charge in [-0.05, 0) is 0 Å². The van der Waals surface area contributed by atoms with Crippen LogP contribution in [-0.4, -0.2) is 51.1 Å². The maximum absolute atomic E-state index is 10.6. The first-order valence-corrected chi connectivity index (χ1v) is 2.94. The predicted octanol–water partition coefficient (Wildman–Crippen LogP) is -2.33. The second-order valence-electron chi connectivity index (χ2n) is 2.22. The summed E-state index contributed by atoms with van der Waals surface area (Å²) in [6, 6.07) is 0. The molecule has 58 valence electrons. The van der Waals surface area contributed by atoms with Crippen molar-refractivity contribution in [3.63, 3.8) is 0 Å². The van der Waals surface area contributed by atoms with Crippen LogP contribution >= 0.6 is 0 Å². The summed E-state index contributed by atoms with van der Waals surface area (Å²) in [5, 5.41) is 36.9. The molecule has 5 nitrogen and oxygen atoms in total. The lowest BCUT2D eigenvalue weighted by Crippen LogP contribution is -2.31. The predicted molar refractivity (Wildman–Crippen MR) is 32.6 cm³/mol. The van der Waals surface area contributed by atoms with Gasteiger partial charge < -0.3 is 20.5 Å². The van der Waals surface area contributed by atoms with Crippen LogP contribution in [0.2, 0.25) is 0 Å². The van der Waals surface area contributed by atoms with E-state index in [1.807, 2.05) is 0 Å². The summed E-state index contributed by atoms with van der Waals surface area (Å²) >= 11 is 0. The quantitative estimate of drug-likeness (QED) is 0.286. The normalized spacial score (nSPS) is 33.5. The van der Waals surface area contributed by atoms with Crippen molar-refractivity contribution < 1.29 is 20.1 Å². The van der Waals surface area contributed by atoms with Gasteiger partial charge in [-0.1, -0.05) is 0 Å². The van der Waals surface area contributed by atoms with E-state index >= 15 is 0 Å². The Hall–Kier alpha value is -0.650. The first-order chi connectivity index (χ1) is 4.66. The van der Waals surface area contributed by atoms with Crippen LogP contribution in [0.5, 0.6) is 0 Å². The van der Waals surface area contributed by atoms with E-state index in [1.165, 1.54) is 0 Å². The lowest BCUT2D eigenvalue weighted by molar-refractivity contribution is -0.457. The molecule has 1 heterocycles. The fourth-order valence-electron chi connectivity index (χ4n) is 0.929. The van der Waals surface area contributed by atoms with E-state index in [9.17, 15) is 5.21 Å². The summed E-state index contributed by atoms with van der Waals surface area (Å²) in [6.45, 7) is -0.654. The molecule has 0 aromatic rings. The second kappa shape index (κ2) is 2.53. The number of hydrogen-bond acceptors (Lipinski definition) is 4. The summed E-state index contributed by atoms with van der Waals surface area (Å²) in [4.78, 5) is 0. The van der Waals surface area contributed by atoms with Crippen LogP contribution in [0.4, 0.5) is 0 Å². The number of β-amino-alcohol motifs (C(OH)–C–C–N with tert-alkyl or cyclic N) is 1. The third-order valence-electron chi connectivity index (χ3n) is 1.54. The molecule has 5 heteroatoms. The van der Waals surface area contributed by atoms with Crippen LogP contribution in [0, 0.1) is 5.21 Å². The maximum Gasteiger partial charge on any atom is 0.220 e. The highest BCUT2D eigenvalue weighted by atomic mass is 16.5. The second-order valence-corrected chi connectivity index (χ2v) is 2.22. The molecule has 0 spiro atoms. The molecule has 0 fully saturated rings.